The number of rotatable bonds is 7. The molecule has 45 heavy (non-hydrogen) atoms. The lowest BCUT2D eigenvalue weighted by Crippen LogP contribution is -2.50. The molecule has 1 amide bonds. The zero-order valence-corrected chi connectivity index (χ0v) is 25.3. The molecule has 12 heteroatoms. The standard InChI is InChI=1S/C33H34F2N6O4/c1-39-30-25(8-19(10-29(30)45-3)33(43)40-15-20(34)11-21(36)16-40)38-32(39)26-9-18-6-7-24(37-31(18)41(26)14-17-4-5-17)22-12-28(44-2)27(42)13-23(22)35/h6-10,12-13,17,20-21,42H,4-5,11,14-16,36H2,1-3H3/t20-,21-/m1/s1. The van der Waals surface area contributed by atoms with E-state index in [0.717, 1.165) is 30.0 Å². The fourth-order valence-corrected chi connectivity index (χ4v) is 6.35. The Bertz CT molecular complexity index is 1960. The van der Waals surface area contributed by atoms with Crippen LogP contribution in [0.3, 0.4) is 0 Å². The molecule has 0 bridgehead atoms. The Labute approximate surface area is 258 Å². The third-order valence-corrected chi connectivity index (χ3v) is 8.78. The number of carbonyl (C=O) groups is 1. The Hall–Kier alpha value is -4.71. The molecule has 1 aliphatic carbocycles. The van der Waals surface area contributed by atoms with E-state index in [1.807, 2.05) is 23.7 Å². The minimum Gasteiger partial charge on any atom is -0.504 e. The van der Waals surface area contributed by atoms with E-state index < -0.39 is 18.0 Å². The molecule has 2 atom stereocenters. The van der Waals surface area contributed by atoms with Gasteiger partial charge in [0, 0.05) is 48.8 Å². The van der Waals surface area contributed by atoms with Gasteiger partial charge in [-0.25, -0.2) is 18.7 Å². The number of hydrogen-bond acceptors (Lipinski definition) is 7. The maximum absolute atomic E-state index is 15.0. The minimum atomic E-state index is -1.17. The van der Waals surface area contributed by atoms with E-state index >= 15 is 0 Å². The number of ether oxygens (including phenoxy) is 2. The van der Waals surface area contributed by atoms with Crippen molar-refractivity contribution in [3.8, 4) is 40.0 Å². The van der Waals surface area contributed by atoms with Gasteiger partial charge in [0.2, 0.25) is 0 Å². The van der Waals surface area contributed by atoms with E-state index in [-0.39, 0.29) is 42.5 Å². The van der Waals surface area contributed by atoms with Crippen LogP contribution in [0.4, 0.5) is 8.78 Å². The van der Waals surface area contributed by atoms with E-state index in [1.165, 1.54) is 25.2 Å². The van der Waals surface area contributed by atoms with Gasteiger partial charge < -0.3 is 34.3 Å². The number of aromatic hydroxyl groups is 1. The molecule has 1 saturated heterocycles. The second-order valence-electron chi connectivity index (χ2n) is 12.0. The molecule has 4 heterocycles. The molecule has 7 rings (SSSR count). The lowest BCUT2D eigenvalue weighted by Gasteiger charge is -2.33. The molecule has 2 aromatic carbocycles. The molecule has 1 aliphatic heterocycles. The third kappa shape index (κ3) is 5.12. The Balaban J connectivity index is 1.35. The fourth-order valence-electron chi connectivity index (χ4n) is 6.35. The molecule has 234 valence electrons. The number of likely N-dealkylation sites (tertiary alicyclic amines) is 1. The largest absolute Gasteiger partial charge is 0.504 e. The summed E-state index contributed by atoms with van der Waals surface area (Å²) in [6.07, 6.45) is 1.27. The number of alkyl halides is 1. The van der Waals surface area contributed by atoms with E-state index in [0.29, 0.717) is 52.0 Å². The number of phenols is 1. The summed E-state index contributed by atoms with van der Waals surface area (Å²) in [6.45, 7) is 0.988. The fraction of sp³-hybridized carbons (Fsp3) is 0.364. The van der Waals surface area contributed by atoms with Crippen molar-refractivity contribution in [1.29, 1.82) is 0 Å². The van der Waals surface area contributed by atoms with Crippen molar-refractivity contribution in [2.24, 2.45) is 18.7 Å². The van der Waals surface area contributed by atoms with Crippen LogP contribution in [0, 0.1) is 11.7 Å². The van der Waals surface area contributed by atoms with Crippen molar-refractivity contribution in [2.75, 3.05) is 27.3 Å². The van der Waals surface area contributed by atoms with Crippen molar-refractivity contribution in [3.63, 3.8) is 0 Å². The van der Waals surface area contributed by atoms with Crippen LogP contribution < -0.4 is 15.2 Å². The van der Waals surface area contributed by atoms with Gasteiger partial charge in [0.25, 0.3) is 5.91 Å². The summed E-state index contributed by atoms with van der Waals surface area (Å²) in [6, 6.07) is 11.1. The highest BCUT2D eigenvalue weighted by Gasteiger charge is 2.31. The molecule has 0 spiro atoms. The number of pyridine rings is 1. The topological polar surface area (TPSA) is 121 Å². The number of phenolic OH excluding ortho intramolecular Hbond substituents is 1. The highest BCUT2D eigenvalue weighted by molar-refractivity contribution is 6.00. The Morgan fingerprint density at radius 1 is 1.07 bits per heavy atom. The van der Waals surface area contributed by atoms with Gasteiger partial charge in [-0.05, 0) is 61.6 Å². The van der Waals surface area contributed by atoms with Crippen LogP contribution in [0.25, 0.3) is 44.8 Å². The molecular weight excluding hydrogens is 582 g/mol. The number of amides is 1. The Morgan fingerprint density at radius 2 is 1.84 bits per heavy atom. The Kier molecular flexibility index (Phi) is 7.11. The Morgan fingerprint density at radius 3 is 2.56 bits per heavy atom. The number of piperidine rings is 1. The summed E-state index contributed by atoms with van der Waals surface area (Å²) >= 11 is 0. The summed E-state index contributed by atoms with van der Waals surface area (Å²) in [5, 5.41) is 10.9. The maximum Gasteiger partial charge on any atom is 0.254 e. The first-order valence-corrected chi connectivity index (χ1v) is 15.0. The van der Waals surface area contributed by atoms with Crippen molar-refractivity contribution >= 4 is 28.0 Å². The summed E-state index contributed by atoms with van der Waals surface area (Å²) < 4.78 is 44.2. The van der Waals surface area contributed by atoms with Crippen molar-refractivity contribution < 1.29 is 28.2 Å². The zero-order chi connectivity index (χ0) is 31.6. The van der Waals surface area contributed by atoms with E-state index in [9.17, 15) is 18.7 Å². The number of carbonyl (C=O) groups excluding carboxylic acids is 1. The number of halogens is 2. The number of nitrogens with zero attached hydrogens (tertiary/aromatic N) is 5. The lowest BCUT2D eigenvalue weighted by atomic mass is 10.0. The molecule has 3 N–H and O–H groups in total. The molecule has 3 aromatic heterocycles. The van der Waals surface area contributed by atoms with Crippen LogP contribution in [0.2, 0.25) is 0 Å². The number of nitrogens with two attached hydrogens (primary N) is 1. The van der Waals surface area contributed by atoms with Gasteiger partial charge in [0.1, 0.15) is 28.9 Å². The zero-order valence-electron chi connectivity index (χ0n) is 25.3. The van der Waals surface area contributed by atoms with Gasteiger partial charge in [-0.15, -0.1) is 0 Å². The number of imidazole rings is 1. The summed E-state index contributed by atoms with van der Waals surface area (Å²) in [4.78, 5) is 24.8. The van der Waals surface area contributed by atoms with Gasteiger partial charge in [-0.3, -0.25) is 4.79 Å². The quantitative estimate of drug-likeness (QED) is 0.263. The normalized spacial score (nSPS) is 18.6. The second kappa shape index (κ2) is 11.0. The number of benzene rings is 2. The number of aromatic nitrogens is 4. The van der Waals surface area contributed by atoms with Crippen molar-refractivity contribution in [3.05, 3.63) is 53.8 Å². The first-order valence-electron chi connectivity index (χ1n) is 15.0. The van der Waals surface area contributed by atoms with Gasteiger partial charge in [0.05, 0.1) is 37.7 Å². The SMILES string of the molecule is COc1cc(-c2ccc3cc(-c4nc5cc(C(=O)N6C[C@H](N)C[C@@H](F)C6)cc(OC)c5n4C)n(CC4CC4)c3n2)c(F)cc1O. The average Bonchev–Trinajstić information content (AvgIpc) is 3.69. The number of hydrogen-bond donors (Lipinski definition) is 2. The molecular formula is C33H34F2N6O4. The van der Waals surface area contributed by atoms with Gasteiger partial charge in [0.15, 0.2) is 17.3 Å². The van der Waals surface area contributed by atoms with Crippen LogP contribution in [0.1, 0.15) is 29.6 Å². The first kappa shape index (κ1) is 29.0. The number of fused-ring (bicyclic) bond motifs is 2. The van der Waals surface area contributed by atoms with Crippen molar-refractivity contribution in [2.45, 2.75) is 38.0 Å². The average molecular weight is 617 g/mol. The summed E-state index contributed by atoms with van der Waals surface area (Å²) in [7, 11) is 4.84. The molecule has 2 aliphatic rings. The van der Waals surface area contributed by atoms with Crippen LogP contribution in [-0.4, -0.2) is 74.5 Å². The van der Waals surface area contributed by atoms with Gasteiger partial charge >= 0.3 is 0 Å². The molecule has 10 nitrogen and oxygen atoms in total. The van der Waals surface area contributed by atoms with E-state index in [1.54, 1.807) is 18.2 Å². The molecule has 1 saturated carbocycles. The van der Waals surface area contributed by atoms with E-state index in [4.69, 9.17) is 25.2 Å². The first-order chi connectivity index (χ1) is 21.6. The minimum absolute atomic E-state index is 0.00254. The lowest BCUT2D eigenvalue weighted by molar-refractivity contribution is 0.0606. The highest BCUT2D eigenvalue weighted by atomic mass is 19.1. The summed E-state index contributed by atoms with van der Waals surface area (Å²) in [5.41, 5.74) is 9.74. The molecule has 2 fully saturated rings. The molecule has 0 unspecified atom stereocenters. The molecule has 0 radical (unpaired) electrons. The second-order valence-corrected chi connectivity index (χ2v) is 12.0. The third-order valence-electron chi connectivity index (χ3n) is 8.78. The monoisotopic (exact) mass is 616 g/mol. The maximum atomic E-state index is 15.0. The number of aryl methyl sites for hydroxylation is 1. The van der Waals surface area contributed by atoms with Gasteiger partial charge in [-0.1, -0.05) is 0 Å². The smallest absolute Gasteiger partial charge is 0.254 e. The number of methoxy groups -OCH3 is 2. The van der Waals surface area contributed by atoms with E-state index in [2.05, 4.69) is 4.57 Å². The predicted octanol–water partition coefficient (Wildman–Crippen LogP) is 5.04. The van der Waals surface area contributed by atoms with Crippen LogP contribution >= 0.6 is 0 Å². The predicted molar refractivity (Wildman–Crippen MR) is 166 cm³/mol. The molecule has 5 aromatic rings. The van der Waals surface area contributed by atoms with Gasteiger partial charge in [-0.2, -0.15) is 0 Å². The van der Waals surface area contributed by atoms with Crippen LogP contribution in [0.5, 0.6) is 17.2 Å². The highest BCUT2D eigenvalue weighted by Crippen LogP contribution is 2.39. The van der Waals surface area contributed by atoms with Crippen LogP contribution in [-0.2, 0) is 13.6 Å². The van der Waals surface area contributed by atoms with Crippen molar-refractivity contribution in [1.82, 2.24) is 24.0 Å². The van der Waals surface area contributed by atoms with Crippen LogP contribution in [0.15, 0.2) is 42.5 Å². The summed E-state index contributed by atoms with van der Waals surface area (Å²) in [5.74, 6) is 0.541.